The molecule has 0 aromatic heterocycles. The molecule has 28 heavy (non-hydrogen) atoms. The normalized spacial score (nSPS) is 12.2. The van der Waals surface area contributed by atoms with Crippen LogP contribution in [0.25, 0.3) is 0 Å². The standard InChI is InChI=1S/C21H23FN2O4/c1-3-7-24-21(26)14-5-4-12(10-17(14)22)9-13-11-16(20(23)25)19(27-2)15-6-8-28-18(13)15/h4-5,10-11H,3,6-9H2,1-2H3,(H2,23,25)(H,24,26). The number of amides is 2. The number of carbonyl (C=O) groups is 2. The van der Waals surface area contributed by atoms with Gasteiger partial charge in [0.2, 0.25) is 0 Å². The lowest BCUT2D eigenvalue weighted by molar-refractivity contribution is 0.0948. The number of primary amides is 1. The number of fused-ring (bicyclic) bond motifs is 1. The Balaban J connectivity index is 1.93. The second-order valence-electron chi connectivity index (χ2n) is 6.63. The van der Waals surface area contributed by atoms with Crippen molar-refractivity contribution < 1.29 is 23.5 Å². The average molecular weight is 386 g/mol. The smallest absolute Gasteiger partial charge is 0.254 e. The second kappa shape index (κ2) is 8.29. The van der Waals surface area contributed by atoms with Gasteiger partial charge in [0.15, 0.2) is 0 Å². The van der Waals surface area contributed by atoms with Crippen molar-refractivity contribution in [3.8, 4) is 11.5 Å². The first-order chi connectivity index (χ1) is 13.5. The van der Waals surface area contributed by atoms with Crippen molar-refractivity contribution in [2.75, 3.05) is 20.3 Å². The summed E-state index contributed by atoms with van der Waals surface area (Å²) < 4.78 is 25.5. The van der Waals surface area contributed by atoms with Gasteiger partial charge in [-0.1, -0.05) is 13.0 Å². The van der Waals surface area contributed by atoms with Crippen LogP contribution in [0.15, 0.2) is 24.3 Å². The van der Waals surface area contributed by atoms with Crippen molar-refractivity contribution >= 4 is 11.8 Å². The fourth-order valence-corrected chi connectivity index (χ4v) is 3.38. The summed E-state index contributed by atoms with van der Waals surface area (Å²) in [5.74, 6) is -0.547. The maximum Gasteiger partial charge on any atom is 0.254 e. The minimum atomic E-state index is -0.595. The highest BCUT2D eigenvalue weighted by Crippen LogP contribution is 2.40. The Morgan fingerprint density at radius 3 is 2.71 bits per heavy atom. The monoisotopic (exact) mass is 386 g/mol. The third-order valence-electron chi connectivity index (χ3n) is 4.68. The number of nitrogens with two attached hydrogens (primary N) is 1. The molecule has 2 aromatic carbocycles. The summed E-state index contributed by atoms with van der Waals surface area (Å²) in [6, 6.07) is 6.12. The van der Waals surface area contributed by atoms with Gasteiger partial charge in [-0.05, 0) is 35.7 Å². The summed E-state index contributed by atoms with van der Waals surface area (Å²) in [6.07, 6.45) is 1.72. The summed E-state index contributed by atoms with van der Waals surface area (Å²) in [7, 11) is 1.48. The van der Waals surface area contributed by atoms with Crippen LogP contribution < -0.4 is 20.5 Å². The minimum Gasteiger partial charge on any atom is -0.495 e. The molecule has 2 aromatic rings. The average Bonchev–Trinajstić information content (AvgIpc) is 3.16. The summed E-state index contributed by atoms with van der Waals surface area (Å²) in [5.41, 5.74) is 7.96. The molecule has 0 atom stereocenters. The van der Waals surface area contributed by atoms with Gasteiger partial charge in [-0.3, -0.25) is 9.59 Å². The van der Waals surface area contributed by atoms with Crippen LogP contribution in [0.2, 0.25) is 0 Å². The molecule has 0 bridgehead atoms. The van der Waals surface area contributed by atoms with E-state index in [9.17, 15) is 14.0 Å². The van der Waals surface area contributed by atoms with Crippen molar-refractivity contribution in [1.82, 2.24) is 5.32 Å². The van der Waals surface area contributed by atoms with E-state index in [-0.39, 0.29) is 11.1 Å². The molecule has 0 aliphatic carbocycles. The Bertz CT molecular complexity index is 927. The lowest BCUT2D eigenvalue weighted by Crippen LogP contribution is -2.25. The number of methoxy groups -OCH3 is 1. The summed E-state index contributed by atoms with van der Waals surface area (Å²) in [4.78, 5) is 23.8. The Kier molecular flexibility index (Phi) is 5.82. The van der Waals surface area contributed by atoms with Crippen LogP contribution in [0.4, 0.5) is 4.39 Å². The number of halogens is 1. The number of nitrogens with one attached hydrogen (secondary N) is 1. The van der Waals surface area contributed by atoms with Gasteiger partial charge in [0.25, 0.3) is 11.8 Å². The van der Waals surface area contributed by atoms with Crippen LogP contribution in [-0.4, -0.2) is 32.1 Å². The Hall–Kier alpha value is -3.09. The quantitative estimate of drug-likeness (QED) is 0.765. The van der Waals surface area contributed by atoms with Gasteiger partial charge in [-0.25, -0.2) is 4.39 Å². The zero-order chi connectivity index (χ0) is 20.3. The van der Waals surface area contributed by atoms with Crippen LogP contribution in [0.1, 0.15) is 50.8 Å². The molecule has 2 amide bonds. The molecule has 1 aliphatic heterocycles. The predicted molar refractivity (Wildman–Crippen MR) is 103 cm³/mol. The van der Waals surface area contributed by atoms with E-state index in [2.05, 4.69) is 5.32 Å². The molecule has 0 radical (unpaired) electrons. The van der Waals surface area contributed by atoms with Crippen LogP contribution >= 0.6 is 0 Å². The van der Waals surface area contributed by atoms with Crippen molar-refractivity contribution in [3.05, 3.63) is 57.9 Å². The van der Waals surface area contributed by atoms with Crippen LogP contribution in [0.3, 0.4) is 0 Å². The largest absolute Gasteiger partial charge is 0.495 e. The van der Waals surface area contributed by atoms with Crippen LogP contribution in [0, 0.1) is 5.82 Å². The summed E-state index contributed by atoms with van der Waals surface area (Å²) in [5, 5.41) is 2.66. The Labute approximate surface area is 162 Å². The van der Waals surface area contributed by atoms with E-state index in [0.29, 0.717) is 43.1 Å². The van der Waals surface area contributed by atoms with Gasteiger partial charge in [0.05, 0.1) is 24.8 Å². The van der Waals surface area contributed by atoms with Gasteiger partial charge in [-0.15, -0.1) is 0 Å². The SMILES string of the molecule is CCCNC(=O)c1ccc(Cc2cc(C(N)=O)c(OC)c3c2OCC3)cc1F. The maximum atomic E-state index is 14.4. The van der Waals surface area contributed by atoms with E-state index in [1.807, 2.05) is 6.92 Å². The van der Waals surface area contributed by atoms with E-state index in [4.69, 9.17) is 15.2 Å². The molecule has 0 unspecified atom stereocenters. The van der Waals surface area contributed by atoms with E-state index < -0.39 is 17.6 Å². The van der Waals surface area contributed by atoms with Gasteiger partial charge in [-0.2, -0.15) is 0 Å². The van der Waals surface area contributed by atoms with E-state index in [1.54, 1.807) is 12.1 Å². The first-order valence-electron chi connectivity index (χ1n) is 9.18. The number of hydrogen-bond acceptors (Lipinski definition) is 4. The molecule has 7 heteroatoms. The molecular weight excluding hydrogens is 363 g/mol. The molecule has 0 saturated carbocycles. The lowest BCUT2D eigenvalue weighted by Gasteiger charge is -2.15. The molecule has 6 nitrogen and oxygen atoms in total. The molecule has 0 fully saturated rings. The van der Waals surface area contributed by atoms with E-state index >= 15 is 0 Å². The molecular formula is C21H23FN2O4. The molecule has 3 N–H and O–H groups in total. The number of hydrogen-bond donors (Lipinski definition) is 2. The molecule has 148 valence electrons. The second-order valence-corrected chi connectivity index (χ2v) is 6.63. The van der Waals surface area contributed by atoms with Crippen molar-refractivity contribution in [1.29, 1.82) is 0 Å². The van der Waals surface area contributed by atoms with Gasteiger partial charge in [0.1, 0.15) is 17.3 Å². The predicted octanol–water partition coefficient (Wildman–Crippen LogP) is 2.60. The zero-order valence-electron chi connectivity index (χ0n) is 15.9. The summed E-state index contributed by atoms with van der Waals surface area (Å²) >= 11 is 0. The van der Waals surface area contributed by atoms with Crippen LogP contribution in [-0.2, 0) is 12.8 Å². The third kappa shape index (κ3) is 3.78. The van der Waals surface area contributed by atoms with E-state index in [0.717, 1.165) is 17.5 Å². The lowest BCUT2D eigenvalue weighted by atomic mass is 9.96. The molecule has 0 saturated heterocycles. The zero-order valence-corrected chi connectivity index (χ0v) is 15.9. The molecule has 0 spiro atoms. The minimum absolute atomic E-state index is 0.00577. The fourth-order valence-electron chi connectivity index (χ4n) is 3.38. The maximum absolute atomic E-state index is 14.4. The van der Waals surface area contributed by atoms with Gasteiger partial charge >= 0.3 is 0 Å². The number of carbonyl (C=O) groups excluding carboxylic acids is 2. The Morgan fingerprint density at radius 2 is 2.07 bits per heavy atom. The number of rotatable bonds is 7. The highest BCUT2D eigenvalue weighted by atomic mass is 19.1. The van der Waals surface area contributed by atoms with Crippen LogP contribution in [0.5, 0.6) is 11.5 Å². The molecule has 1 heterocycles. The first kappa shape index (κ1) is 19.7. The number of ether oxygens (including phenoxy) is 2. The third-order valence-corrected chi connectivity index (χ3v) is 4.68. The van der Waals surface area contributed by atoms with Crippen molar-refractivity contribution in [3.63, 3.8) is 0 Å². The highest BCUT2D eigenvalue weighted by molar-refractivity contribution is 5.97. The van der Waals surface area contributed by atoms with Crippen molar-refractivity contribution in [2.45, 2.75) is 26.2 Å². The van der Waals surface area contributed by atoms with Gasteiger partial charge in [0, 0.05) is 24.9 Å². The topological polar surface area (TPSA) is 90.7 Å². The van der Waals surface area contributed by atoms with E-state index in [1.165, 1.54) is 19.2 Å². The fraction of sp³-hybridized carbons (Fsp3) is 0.333. The highest BCUT2D eigenvalue weighted by Gasteiger charge is 2.26. The van der Waals surface area contributed by atoms with Crippen molar-refractivity contribution in [2.24, 2.45) is 5.73 Å². The first-order valence-corrected chi connectivity index (χ1v) is 9.18. The Morgan fingerprint density at radius 1 is 1.29 bits per heavy atom. The molecule has 1 aliphatic rings. The molecule has 3 rings (SSSR count). The van der Waals surface area contributed by atoms with Gasteiger partial charge < -0.3 is 20.5 Å². The summed E-state index contributed by atoms with van der Waals surface area (Å²) in [6.45, 7) is 2.90. The number of benzene rings is 2.